The van der Waals surface area contributed by atoms with Crippen LogP contribution < -0.4 is 21.1 Å². The molecule has 5 rings (SSSR count). The van der Waals surface area contributed by atoms with Gasteiger partial charge < -0.3 is 35.6 Å². The third-order valence-electron chi connectivity index (χ3n) is 6.11. The van der Waals surface area contributed by atoms with Crippen molar-refractivity contribution in [3.05, 3.63) is 52.8 Å². The molecule has 2 aromatic heterocycles. The van der Waals surface area contributed by atoms with Crippen LogP contribution in [0.5, 0.6) is 5.75 Å². The third kappa shape index (κ3) is 4.29. The molecule has 0 aliphatic carbocycles. The lowest BCUT2D eigenvalue weighted by Crippen LogP contribution is -2.38. The number of para-hydroxylation sites is 1. The molecule has 0 unspecified atom stereocenters. The van der Waals surface area contributed by atoms with Crippen LogP contribution >= 0.6 is 11.6 Å². The fraction of sp³-hybridized carbons (Fsp3) is 0.333. The average molecular weight is 484 g/mol. The summed E-state index contributed by atoms with van der Waals surface area (Å²) in [5.41, 5.74) is 10.1. The number of aromatic nitrogens is 2. The second-order valence-corrected chi connectivity index (χ2v) is 8.70. The number of carbonyl (C=O) groups excluding carboxylic acids is 1. The maximum Gasteiger partial charge on any atom is 0.255 e. The summed E-state index contributed by atoms with van der Waals surface area (Å²) >= 11 is 6.35. The van der Waals surface area contributed by atoms with Crippen molar-refractivity contribution in [2.24, 2.45) is 0 Å². The Morgan fingerprint density at radius 3 is 2.97 bits per heavy atom. The number of hydrogen-bond donors (Lipinski definition) is 4. The smallest absolute Gasteiger partial charge is 0.255 e. The summed E-state index contributed by atoms with van der Waals surface area (Å²) in [7, 11) is 1.55. The highest BCUT2D eigenvalue weighted by molar-refractivity contribution is 6.32. The summed E-state index contributed by atoms with van der Waals surface area (Å²) in [6.45, 7) is 2.22. The van der Waals surface area contributed by atoms with Gasteiger partial charge in [0.1, 0.15) is 5.82 Å². The number of halogens is 1. The maximum atomic E-state index is 13.1. The number of carbonyl (C=O) groups is 1. The lowest BCUT2D eigenvalue weighted by atomic mass is 9.91. The van der Waals surface area contributed by atoms with Crippen LogP contribution in [0, 0.1) is 0 Å². The van der Waals surface area contributed by atoms with Crippen LogP contribution in [0.15, 0.2) is 36.5 Å². The Hall–Kier alpha value is -3.27. The minimum atomic E-state index is -0.167. The van der Waals surface area contributed by atoms with Crippen molar-refractivity contribution in [2.75, 3.05) is 44.5 Å². The Labute approximate surface area is 201 Å². The van der Waals surface area contributed by atoms with Crippen LogP contribution in [0.3, 0.4) is 0 Å². The lowest BCUT2D eigenvalue weighted by molar-refractivity contribution is -0.0928. The van der Waals surface area contributed by atoms with Crippen molar-refractivity contribution in [3.63, 3.8) is 0 Å². The molecular weight excluding hydrogens is 458 g/mol. The van der Waals surface area contributed by atoms with Gasteiger partial charge in [-0.2, -0.15) is 0 Å². The largest absolute Gasteiger partial charge is 0.493 e. The molecule has 1 amide bonds. The lowest BCUT2D eigenvalue weighted by Gasteiger charge is -2.29. The Bertz CT molecular complexity index is 1210. The minimum absolute atomic E-state index is 0.0224. The van der Waals surface area contributed by atoms with Gasteiger partial charge in [0.25, 0.3) is 5.91 Å². The van der Waals surface area contributed by atoms with Gasteiger partial charge in [-0.3, -0.25) is 4.79 Å². The van der Waals surface area contributed by atoms with Crippen molar-refractivity contribution >= 4 is 34.7 Å². The predicted octanol–water partition coefficient (Wildman–Crippen LogP) is 3.70. The van der Waals surface area contributed by atoms with Crippen molar-refractivity contribution in [1.82, 2.24) is 15.3 Å². The van der Waals surface area contributed by atoms with Gasteiger partial charge in [0, 0.05) is 29.9 Å². The standard InChI is InChI=1S/C24H26ClN5O4/c1-32-23-16(25)3-2-4-17(23)29-22-19-20(30-21(22)13-5-6-27-18(26)10-13)14(11-28-24(19)31)9-15-12-33-7-8-34-15/h2-6,10,14-15,29-30H,7-9,11-12H2,1H3,(H2,26,27)(H,28,31)/t14-,15+/m1/s1. The van der Waals surface area contributed by atoms with Gasteiger partial charge >= 0.3 is 0 Å². The van der Waals surface area contributed by atoms with Gasteiger partial charge in [0.05, 0.1) is 60.7 Å². The van der Waals surface area contributed by atoms with E-state index >= 15 is 0 Å². The number of methoxy groups -OCH3 is 1. The van der Waals surface area contributed by atoms with Crippen LogP contribution in [0.4, 0.5) is 17.2 Å². The van der Waals surface area contributed by atoms with Gasteiger partial charge in [-0.1, -0.05) is 17.7 Å². The number of aromatic amines is 1. The van der Waals surface area contributed by atoms with Gasteiger partial charge in [-0.25, -0.2) is 4.98 Å². The zero-order valence-corrected chi connectivity index (χ0v) is 19.4. The number of nitrogens with one attached hydrogen (secondary N) is 3. The van der Waals surface area contributed by atoms with Gasteiger partial charge in [0.15, 0.2) is 5.75 Å². The Balaban J connectivity index is 1.62. The summed E-state index contributed by atoms with van der Waals surface area (Å²) < 4.78 is 17.0. The maximum absolute atomic E-state index is 13.1. The number of nitrogens with zero attached hydrogens (tertiary/aromatic N) is 1. The van der Waals surface area contributed by atoms with Crippen LogP contribution in [0.1, 0.15) is 28.4 Å². The Morgan fingerprint density at radius 2 is 2.21 bits per heavy atom. The number of benzene rings is 1. The summed E-state index contributed by atoms with van der Waals surface area (Å²) in [4.78, 5) is 20.8. The molecule has 2 aliphatic heterocycles. The molecule has 1 saturated heterocycles. The van der Waals surface area contributed by atoms with E-state index in [9.17, 15) is 4.79 Å². The highest BCUT2D eigenvalue weighted by Gasteiger charge is 2.35. The molecule has 9 nitrogen and oxygen atoms in total. The van der Waals surface area contributed by atoms with Crippen LogP contribution in [0.25, 0.3) is 11.3 Å². The van der Waals surface area contributed by atoms with E-state index in [4.69, 9.17) is 31.5 Å². The molecule has 10 heteroatoms. The molecule has 2 atom stereocenters. The van der Waals surface area contributed by atoms with Crippen molar-refractivity contribution in [2.45, 2.75) is 18.4 Å². The molecule has 2 aliphatic rings. The first-order valence-electron chi connectivity index (χ1n) is 11.1. The summed E-state index contributed by atoms with van der Waals surface area (Å²) in [5, 5.41) is 6.89. The highest BCUT2D eigenvalue weighted by Crippen LogP contribution is 2.43. The topological polar surface area (TPSA) is 124 Å². The first-order chi connectivity index (χ1) is 16.5. The molecule has 3 aromatic rings. The molecule has 5 N–H and O–H groups in total. The molecule has 4 heterocycles. The second kappa shape index (κ2) is 9.54. The molecule has 178 valence electrons. The van der Waals surface area contributed by atoms with Crippen LogP contribution in [-0.4, -0.2) is 55.5 Å². The second-order valence-electron chi connectivity index (χ2n) is 8.29. The number of ether oxygens (including phenoxy) is 3. The number of fused-ring (bicyclic) bond motifs is 1. The predicted molar refractivity (Wildman–Crippen MR) is 130 cm³/mol. The third-order valence-corrected chi connectivity index (χ3v) is 6.40. The quantitative estimate of drug-likeness (QED) is 0.421. The number of anilines is 3. The normalized spacial score (nSPS) is 19.9. The Morgan fingerprint density at radius 1 is 1.32 bits per heavy atom. The SMILES string of the molecule is COc1c(Cl)cccc1Nc1c(-c2ccnc(N)c2)[nH]c2c1C(=O)NC[C@H]2C[C@H]1COCCO1. The van der Waals surface area contributed by atoms with Gasteiger partial charge in [-0.05, 0) is 30.7 Å². The van der Waals surface area contributed by atoms with E-state index in [0.29, 0.717) is 66.3 Å². The number of nitrogens with two attached hydrogens (primary N) is 1. The molecule has 34 heavy (non-hydrogen) atoms. The molecular formula is C24H26ClN5O4. The zero-order chi connectivity index (χ0) is 23.7. The Kier molecular flexibility index (Phi) is 6.32. The first kappa shape index (κ1) is 22.5. The van der Waals surface area contributed by atoms with E-state index in [2.05, 4.69) is 20.6 Å². The number of H-pyrrole nitrogens is 1. The fourth-order valence-electron chi connectivity index (χ4n) is 4.55. The summed E-state index contributed by atoms with van der Waals surface area (Å²) in [6.07, 6.45) is 2.32. The average Bonchev–Trinajstić information content (AvgIpc) is 3.22. The summed E-state index contributed by atoms with van der Waals surface area (Å²) in [6, 6.07) is 9.03. The number of hydrogen-bond acceptors (Lipinski definition) is 7. The molecule has 0 bridgehead atoms. The number of amides is 1. The van der Waals surface area contributed by atoms with Crippen molar-refractivity contribution in [1.29, 1.82) is 0 Å². The van der Waals surface area contributed by atoms with Gasteiger partial charge in [-0.15, -0.1) is 0 Å². The molecule has 0 radical (unpaired) electrons. The van der Waals surface area contributed by atoms with E-state index in [1.54, 1.807) is 25.4 Å². The number of nitrogen functional groups attached to an aromatic ring is 1. The molecule has 1 fully saturated rings. The first-order valence-corrected chi connectivity index (χ1v) is 11.5. The minimum Gasteiger partial charge on any atom is -0.493 e. The number of rotatable bonds is 6. The van der Waals surface area contributed by atoms with Crippen molar-refractivity contribution < 1.29 is 19.0 Å². The summed E-state index contributed by atoms with van der Waals surface area (Å²) in [5.74, 6) is 0.721. The van der Waals surface area contributed by atoms with E-state index in [0.717, 1.165) is 17.0 Å². The monoisotopic (exact) mass is 483 g/mol. The molecule has 0 saturated carbocycles. The van der Waals surface area contributed by atoms with Crippen LogP contribution in [0.2, 0.25) is 5.02 Å². The van der Waals surface area contributed by atoms with E-state index in [-0.39, 0.29) is 17.9 Å². The molecule has 0 spiro atoms. The van der Waals surface area contributed by atoms with Crippen LogP contribution in [-0.2, 0) is 9.47 Å². The highest BCUT2D eigenvalue weighted by atomic mass is 35.5. The van der Waals surface area contributed by atoms with Crippen molar-refractivity contribution in [3.8, 4) is 17.0 Å². The van der Waals surface area contributed by atoms with E-state index < -0.39 is 0 Å². The van der Waals surface area contributed by atoms with E-state index in [1.807, 2.05) is 18.2 Å². The number of pyridine rings is 1. The van der Waals surface area contributed by atoms with Gasteiger partial charge in [0.2, 0.25) is 0 Å². The molecule has 1 aromatic carbocycles. The van der Waals surface area contributed by atoms with E-state index in [1.165, 1.54) is 0 Å². The zero-order valence-electron chi connectivity index (χ0n) is 18.7. The fourth-order valence-corrected chi connectivity index (χ4v) is 4.81.